The molecule has 0 aliphatic heterocycles. The smallest absolute Gasteiger partial charge is 0.299 e. The van der Waals surface area contributed by atoms with Crippen molar-refractivity contribution in [2.24, 2.45) is 10.9 Å². The van der Waals surface area contributed by atoms with Crippen molar-refractivity contribution in [2.75, 3.05) is 25.0 Å². The fourth-order valence-electron chi connectivity index (χ4n) is 1.41. The number of oxime groups is 1. The highest BCUT2D eigenvalue weighted by Gasteiger charge is 2.12. The summed E-state index contributed by atoms with van der Waals surface area (Å²) in [5, 5.41) is 11.5. The molecule has 20 heavy (non-hydrogen) atoms. The zero-order valence-electron chi connectivity index (χ0n) is 11.3. The van der Waals surface area contributed by atoms with Crippen LogP contribution in [0.2, 0.25) is 0 Å². The second kappa shape index (κ2) is 7.08. The number of amidine groups is 1. The third-order valence-corrected chi connectivity index (χ3v) is 3.56. The highest BCUT2D eigenvalue weighted by Crippen LogP contribution is 2.17. The maximum absolute atomic E-state index is 11.8. The molecule has 0 heterocycles. The first-order chi connectivity index (χ1) is 9.39. The van der Waals surface area contributed by atoms with Crippen molar-refractivity contribution < 1.29 is 18.4 Å². The van der Waals surface area contributed by atoms with Gasteiger partial charge in [0.05, 0.1) is 12.3 Å². The molecule has 0 atom stereocenters. The molecule has 5 N–H and O–H groups in total. The van der Waals surface area contributed by atoms with Gasteiger partial charge in [0.1, 0.15) is 0 Å². The number of nitrogens with two attached hydrogens (primary N) is 1. The van der Waals surface area contributed by atoms with Crippen molar-refractivity contribution in [1.82, 2.24) is 4.72 Å². The van der Waals surface area contributed by atoms with E-state index >= 15 is 0 Å². The summed E-state index contributed by atoms with van der Waals surface area (Å²) in [4.78, 5) is 0. The lowest BCUT2D eigenvalue weighted by Crippen LogP contribution is -2.32. The van der Waals surface area contributed by atoms with Crippen LogP contribution in [-0.2, 0) is 14.9 Å². The van der Waals surface area contributed by atoms with E-state index in [-0.39, 0.29) is 19.0 Å². The van der Waals surface area contributed by atoms with Gasteiger partial charge in [0.2, 0.25) is 0 Å². The monoisotopic (exact) mass is 302 g/mol. The number of ether oxygens (including phenoxy) is 1. The van der Waals surface area contributed by atoms with Crippen molar-refractivity contribution in [3.63, 3.8) is 0 Å². The second-order valence-corrected chi connectivity index (χ2v) is 5.51. The largest absolute Gasteiger partial charge is 0.409 e. The van der Waals surface area contributed by atoms with Crippen LogP contribution < -0.4 is 15.2 Å². The molecule has 112 valence electrons. The molecule has 0 saturated carbocycles. The summed E-state index contributed by atoms with van der Waals surface area (Å²) in [5.74, 6) is -0.0993. The zero-order chi connectivity index (χ0) is 15.2. The van der Waals surface area contributed by atoms with Gasteiger partial charge in [0, 0.05) is 19.2 Å². The number of methoxy groups -OCH3 is 1. The lowest BCUT2D eigenvalue weighted by Gasteiger charge is -2.12. The Morgan fingerprint density at radius 1 is 1.50 bits per heavy atom. The van der Waals surface area contributed by atoms with E-state index in [1.807, 2.05) is 0 Å². The first kappa shape index (κ1) is 16.2. The Labute approximate surface area is 117 Å². The molecule has 0 spiro atoms. The molecule has 1 rings (SSSR count). The van der Waals surface area contributed by atoms with Gasteiger partial charge in [-0.2, -0.15) is 13.1 Å². The van der Waals surface area contributed by atoms with E-state index in [4.69, 9.17) is 15.7 Å². The number of nitrogens with one attached hydrogen (secondary N) is 2. The Morgan fingerprint density at radius 3 is 2.80 bits per heavy atom. The van der Waals surface area contributed by atoms with Crippen LogP contribution in [-0.4, -0.2) is 39.7 Å². The van der Waals surface area contributed by atoms with Gasteiger partial charge in [0.15, 0.2) is 5.84 Å². The summed E-state index contributed by atoms with van der Waals surface area (Å²) < 4.78 is 33.0. The van der Waals surface area contributed by atoms with Gasteiger partial charge >= 0.3 is 0 Å². The Kier molecular flexibility index (Phi) is 5.74. The molecule has 1 aromatic carbocycles. The first-order valence-corrected chi connectivity index (χ1v) is 7.23. The maximum atomic E-state index is 11.8. The third-order valence-electron chi connectivity index (χ3n) is 2.48. The molecule has 9 heteroatoms. The quantitative estimate of drug-likeness (QED) is 0.185. The average Bonchev–Trinajstić information content (AvgIpc) is 2.40. The Morgan fingerprint density at radius 2 is 2.20 bits per heavy atom. The van der Waals surface area contributed by atoms with Crippen molar-refractivity contribution >= 4 is 21.7 Å². The van der Waals surface area contributed by atoms with Gasteiger partial charge in [-0.1, -0.05) is 17.3 Å². The molecule has 0 fully saturated rings. The molecule has 1 aromatic rings. The lowest BCUT2D eigenvalue weighted by molar-refractivity contribution is 0.204. The predicted octanol–water partition coefficient (Wildman–Crippen LogP) is -0.0178. The summed E-state index contributed by atoms with van der Waals surface area (Å²) in [6.45, 7) is 2.16. The molecule has 0 aliphatic carbocycles. The van der Waals surface area contributed by atoms with Gasteiger partial charge in [0.25, 0.3) is 10.2 Å². The molecule has 0 saturated heterocycles. The maximum Gasteiger partial charge on any atom is 0.299 e. The summed E-state index contributed by atoms with van der Waals surface area (Å²) in [6, 6.07) is 4.78. The molecule has 0 unspecified atom stereocenters. The Hall–Kier alpha value is -1.84. The highest BCUT2D eigenvalue weighted by molar-refractivity contribution is 7.90. The molecule has 0 aromatic heterocycles. The number of rotatable bonds is 7. The van der Waals surface area contributed by atoms with Gasteiger partial charge in [-0.15, -0.1) is 0 Å². The van der Waals surface area contributed by atoms with Gasteiger partial charge in [-0.25, -0.2) is 0 Å². The van der Waals surface area contributed by atoms with E-state index in [1.54, 1.807) is 19.1 Å². The van der Waals surface area contributed by atoms with Gasteiger partial charge in [-0.3, -0.25) is 4.72 Å². The molecule has 0 amide bonds. The van der Waals surface area contributed by atoms with Crippen LogP contribution in [0, 0.1) is 6.92 Å². The van der Waals surface area contributed by atoms with Gasteiger partial charge in [-0.05, 0) is 18.6 Å². The summed E-state index contributed by atoms with van der Waals surface area (Å²) >= 11 is 0. The van der Waals surface area contributed by atoms with E-state index in [0.29, 0.717) is 16.8 Å². The third kappa shape index (κ3) is 4.68. The summed E-state index contributed by atoms with van der Waals surface area (Å²) in [5.41, 5.74) is 6.93. The lowest BCUT2D eigenvalue weighted by atomic mass is 10.1. The minimum atomic E-state index is -3.70. The van der Waals surface area contributed by atoms with Crippen LogP contribution in [0.4, 0.5) is 5.69 Å². The number of anilines is 1. The standard InChI is InChI=1S/C11H18N4O4S/c1-8-3-4-9(11(12)14-16)7-10(8)15-20(17,18)13-5-6-19-2/h3-4,7,13,15-16H,5-6H2,1-2H3,(H2,12,14). The van der Waals surface area contributed by atoms with Crippen LogP contribution >= 0.6 is 0 Å². The number of aryl methyl sites for hydroxylation is 1. The fraction of sp³-hybridized carbons (Fsp3) is 0.364. The van der Waals surface area contributed by atoms with E-state index in [1.165, 1.54) is 13.2 Å². The molecular formula is C11H18N4O4S. The van der Waals surface area contributed by atoms with Crippen molar-refractivity contribution in [2.45, 2.75) is 6.92 Å². The van der Waals surface area contributed by atoms with Crippen molar-refractivity contribution in [1.29, 1.82) is 0 Å². The molecule has 8 nitrogen and oxygen atoms in total. The van der Waals surface area contributed by atoms with Crippen LogP contribution in [0.25, 0.3) is 0 Å². The van der Waals surface area contributed by atoms with E-state index in [9.17, 15) is 8.42 Å². The molecule has 0 aliphatic rings. The zero-order valence-corrected chi connectivity index (χ0v) is 12.1. The normalized spacial score (nSPS) is 12.4. The predicted molar refractivity (Wildman–Crippen MR) is 76.1 cm³/mol. The average molecular weight is 302 g/mol. The Balaban J connectivity index is 2.91. The summed E-state index contributed by atoms with van der Waals surface area (Å²) in [6.07, 6.45) is 0. The first-order valence-electron chi connectivity index (χ1n) is 5.74. The molecule has 0 bridgehead atoms. The SMILES string of the molecule is COCCNS(=O)(=O)Nc1cc(/C(N)=N/O)ccc1C. The summed E-state index contributed by atoms with van der Waals surface area (Å²) in [7, 11) is -2.22. The van der Waals surface area contributed by atoms with Gasteiger partial charge < -0.3 is 15.7 Å². The van der Waals surface area contributed by atoms with Crippen LogP contribution in [0.1, 0.15) is 11.1 Å². The molecule has 0 radical (unpaired) electrons. The van der Waals surface area contributed by atoms with Crippen LogP contribution in [0.5, 0.6) is 0 Å². The fourth-order valence-corrected chi connectivity index (χ4v) is 2.34. The van der Waals surface area contributed by atoms with Crippen LogP contribution in [0.3, 0.4) is 0 Å². The van der Waals surface area contributed by atoms with Crippen molar-refractivity contribution in [3.8, 4) is 0 Å². The second-order valence-electron chi connectivity index (χ2n) is 4.01. The molecular weight excluding hydrogens is 284 g/mol. The minimum absolute atomic E-state index is 0.0993. The topological polar surface area (TPSA) is 126 Å². The van der Waals surface area contributed by atoms with Crippen molar-refractivity contribution in [3.05, 3.63) is 29.3 Å². The number of benzene rings is 1. The van der Waals surface area contributed by atoms with E-state index in [2.05, 4.69) is 14.6 Å². The minimum Gasteiger partial charge on any atom is -0.409 e. The number of nitrogens with zero attached hydrogens (tertiary/aromatic N) is 1. The number of hydrogen-bond acceptors (Lipinski definition) is 5. The Bertz CT molecular complexity index is 586. The van der Waals surface area contributed by atoms with E-state index in [0.717, 1.165) is 0 Å². The van der Waals surface area contributed by atoms with E-state index < -0.39 is 10.2 Å². The van der Waals surface area contributed by atoms with Crippen LogP contribution in [0.15, 0.2) is 23.4 Å². The number of hydrogen-bond donors (Lipinski definition) is 4. The highest BCUT2D eigenvalue weighted by atomic mass is 32.2.